The summed E-state index contributed by atoms with van der Waals surface area (Å²) < 4.78 is 5.23. The number of H-pyrrole nitrogens is 1. The number of carbonyl (C=O) groups is 1. The molecule has 1 aliphatic heterocycles. The van der Waals surface area contributed by atoms with Gasteiger partial charge in [0.15, 0.2) is 0 Å². The summed E-state index contributed by atoms with van der Waals surface area (Å²) in [6.45, 7) is 5.74. The maximum atomic E-state index is 12.1. The molecule has 3 aromatic rings. The second-order valence-corrected chi connectivity index (χ2v) is 6.66. The molecule has 4 rings (SSSR count). The standard InChI is InChI=1S/C21H24N4O2/c1-2-27-15-20(26)25-12-10-24(11-13-25)17-7-5-6-16(14-17)21-22-18-8-3-4-9-19(18)23-21/h3-9,14H,2,10-13,15H2,1H3,(H,22,23). The highest BCUT2D eigenvalue weighted by molar-refractivity contribution is 5.80. The van der Waals surface area contributed by atoms with Gasteiger partial charge in [0.05, 0.1) is 11.0 Å². The SMILES string of the molecule is CCOCC(=O)N1CCN(c2cccc(-c3nc4ccccc4[nH]3)c2)CC1. The number of nitrogens with zero attached hydrogens (tertiary/aromatic N) is 3. The van der Waals surface area contributed by atoms with E-state index in [-0.39, 0.29) is 12.5 Å². The predicted octanol–water partition coefficient (Wildman–Crippen LogP) is 2.92. The molecule has 1 aromatic heterocycles. The number of nitrogens with one attached hydrogen (secondary N) is 1. The molecule has 6 heteroatoms. The van der Waals surface area contributed by atoms with E-state index in [9.17, 15) is 4.79 Å². The predicted molar refractivity (Wildman–Crippen MR) is 107 cm³/mol. The Bertz CT molecular complexity index is 896. The van der Waals surface area contributed by atoms with E-state index < -0.39 is 0 Å². The van der Waals surface area contributed by atoms with E-state index in [0.29, 0.717) is 6.61 Å². The van der Waals surface area contributed by atoms with E-state index >= 15 is 0 Å². The average molecular weight is 364 g/mol. The number of aromatic nitrogens is 2. The minimum atomic E-state index is 0.0764. The van der Waals surface area contributed by atoms with Crippen LogP contribution in [0.15, 0.2) is 48.5 Å². The molecule has 140 valence electrons. The van der Waals surface area contributed by atoms with Crippen molar-refractivity contribution < 1.29 is 9.53 Å². The number of hydrogen-bond donors (Lipinski definition) is 1. The zero-order chi connectivity index (χ0) is 18.6. The van der Waals surface area contributed by atoms with Crippen molar-refractivity contribution in [2.75, 3.05) is 44.3 Å². The Hall–Kier alpha value is -2.86. The second kappa shape index (κ2) is 7.80. The summed E-state index contributed by atoms with van der Waals surface area (Å²) >= 11 is 0. The van der Waals surface area contributed by atoms with Crippen LogP contribution in [0.5, 0.6) is 0 Å². The molecule has 0 unspecified atom stereocenters. The van der Waals surface area contributed by atoms with Crippen molar-refractivity contribution in [3.63, 3.8) is 0 Å². The van der Waals surface area contributed by atoms with E-state index in [1.165, 1.54) is 0 Å². The zero-order valence-corrected chi connectivity index (χ0v) is 15.5. The quantitative estimate of drug-likeness (QED) is 0.756. The lowest BCUT2D eigenvalue weighted by Gasteiger charge is -2.36. The van der Waals surface area contributed by atoms with Crippen molar-refractivity contribution in [2.45, 2.75) is 6.92 Å². The van der Waals surface area contributed by atoms with Crippen LogP contribution in [0.4, 0.5) is 5.69 Å². The third-order valence-electron chi connectivity index (χ3n) is 4.94. The number of aromatic amines is 1. The lowest BCUT2D eigenvalue weighted by atomic mass is 10.1. The molecular weight excluding hydrogens is 340 g/mol. The smallest absolute Gasteiger partial charge is 0.248 e. The molecule has 0 spiro atoms. The monoisotopic (exact) mass is 364 g/mol. The fourth-order valence-corrected chi connectivity index (χ4v) is 3.43. The molecule has 1 amide bonds. The zero-order valence-electron chi connectivity index (χ0n) is 15.5. The van der Waals surface area contributed by atoms with E-state index in [4.69, 9.17) is 9.72 Å². The Balaban J connectivity index is 1.46. The van der Waals surface area contributed by atoms with Crippen LogP contribution in [0.1, 0.15) is 6.92 Å². The highest BCUT2D eigenvalue weighted by Crippen LogP contribution is 2.25. The van der Waals surface area contributed by atoms with Crippen molar-refractivity contribution in [1.29, 1.82) is 0 Å². The van der Waals surface area contributed by atoms with Gasteiger partial charge in [-0.2, -0.15) is 0 Å². The van der Waals surface area contributed by atoms with Crippen LogP contribution in [-0.2, 0) is 9.53 Å². The van der Waals surface area contributed by atoms with Gasteiger partial charge < -0.3 is 19.5 Å². The topological polar surface area (TPSA) is 61.5 Å². The fraction of sp³-hybridized carbons (Fsp3) is 0.333. The Morgan fingerprint density at radius 3 is 2.70 bits per heavy atom. The summed E-state index contributed by atoms with van der Waals surface area (Å²) in [6.07, 6.45) is 0. The first-order valence-electron chi connectivity index (χ1n) is 9.40. The van der Waals surface area contributed by atoms with E-state index in [1.807, 2.05) is 36.1 Å². The van der Waals surface area contributed by atoms with Crippen LogP contribution in [0.2, 0.25) is 0 Å². The maximum absolute atomic E-state index is 12.1. The van der Waals surface area contributed by atoms with Crippen LogP contribution < -0.4 is 4.90 Å². The molecule has 6 nitrogen and oxygen atoms in total. The van der Waals surface area contributed by atoms with Crippen molar-refractivity contribution >= 4 is 22.6 Å². The summed E-state index contributed by atoms with van der Waals surface area (Å²) in [7, 11) is 0. The molecule has 0 saturated carbocycles. The molecule has 1 aliphatic rings. The van der Waals surface area contributed by atoms with Crippen molar-refractivity contribution in [1.82, 2.24) is 14.9 Å². The summed E-state index contributed by atoms with van der Waals surface area (Å²) in [6, 6.07) is 16.5. The van der Waals surface area contributed by atoms with Crippen molar-refractivity contribution in [3.8, 4) is 11.4 Å². The number of anilines is 1. The average Bonchev–Trinajstić information content (AvgIpc) is 3.16. The number of benzene rings is 2. The van der Waals surface area contributed by atoms with Gasteiger partial charge in [-0.05, 0) is 31.2 Å². The third kappa shape index (κ3) is 3.80. The van der Waals surface area contributed by atoms with E-state index in [1.54, 1.807) is 0 Å². The molecule has 1 saturated heterocycles. The number of hydrogen-bond acceptors (Lipinski definition) is 4. The van der Waals surface area contributed by atoms with Gasteiger partial charge in [0.2, 0.25) is 5.91 Å². The second-order valence-electron chi connectivity index (χ2n) is 6.66. The molecule has 0 atom stereocenters. The van der Waals surface area contributed by atoms with Crippen LogP contribution in [0, 0.1) is 0 Å². The minimum absolute atomic E-state index is 0.0764. The largest absolute Gasteiger partial charge is 0.372 e. The lowest BCUT2D eigenvalue weighted by molar-refractivity contribution is -0.136. The molecule has 27 heavy (non-hydrogen) atoms. The van der Waals surface area contributed by atoms with Crippen LogP contribution in [-0.4, -0.2) is 60.2 Å². The molecular formula is C21H24N4O2. The highest BCUT2D eigenvalue weighted by atomic mass is 16.5. The molecule has 0 bridgehead atoms. The van der Waals surface area contributed by atoms with Crippen molar-refractivity contribution in [3.05, 3.63) is 48.5 Å². The normalized spacial score (nSPS) is 14.7. The summed E-state index contributed by atoms with van der Waals surface area (Å²) in [5.74, 6) is 0.955. The minimum Gasteiger partial charge on any atom is -0.372 e. The number of rotatable bonds is 5. The van der Waals surface area contributed by atoms with Crippen LogP contribution >= 0.6 is 0 Å². The lowest BCUT2D eigenvalue weighted by Crippen LogP contribution is -2.49. The fourth-order valence-electron chi connectivity index (χ4n) is 3.43. The molecule has 0 radical (unpaired) electrons. The number of carbonyl (C=O) groups excluding carboxylic acids is 1. The number of ether oxygens (including phenoxy) is 1. The number of fused-ring (bicyclic) bond motifs is 1. The first-order chi connectivity index (χ1) is 13.2. The number of amides is 1. The first-order valence-corrected chi connectivity index (χ1v) is 9.40. The van der Waals surface area contributed by atoms with E-state index in [0.717, 1.165) is 54.3 Å². The van der Waals surface area contributed by atoms with Crippen LogP contribution in [0.25, 0.3) is 22.4 Å². The Morgan fingerprint density at radius 1 is 1.11 bits per heavy atom. The van der Waals surface area contributed by atoms with Gasteiger partial charge in [0.25, 0.3) is 0 Å². The van der Waals surface area contributed by atoms with E-state index in [2.05, 4.69) is 34.1 Å². The van der Waals surface area contributed by atoms with Gasteiger partial charge in [0.1, 0.15) is 12.4 Å². The number of piperazine rings is 1. The van der Waals surface area contributed by atoms with Gasteiger partial charge in [0, 0.05) is 44.0 Å². The number of imidazole rings is 1. The van der Waals surface area contributed by atoms with Crippen molar-refractivity contribution in [2.24, 2.45) is 0 Å². The van der Waals surface area contributed by atoms with Gasteiger partial charge >= 0.3 is 0 Å². The highest BCUT2D eigenvalue weighted by Gasteiger charge is 2.21. The third-order valence-corrected chi connectivity index (χ3v) is 4.94. The first kappa shape index (κ1) is 17.5. The summed E-state index contributed by atoms with van der Waals surface area (Å²) in [4.78, 5) is 24.4. The number of para-hydroxylation sites is 2. The molecule has 2 heterocycles. The summed E-state index contributed by atoms with van der Waals surface area (Å²) in [5, 5.41) is 0. The molecule has 1 N–H and O–H groups in total. The van der Waals surface area contributed by atoms with Gasteiger partial charge in [-0.1, -0.05) is 24.3 Å². The summed E-state index contributed by atoms with van der Waals surface area (Å²) in [5.41, 5.74) is 4.24. The molecule has 2 aromatic carbocycles. The van der Waals surface area contributed by atoms with Crippen LogP contribution in [0.3, 0.4) is 0 Å². The van der Waals surface area contributed by atoms with Gasteiger partial charge in [-0.25, -0.2) is 4.98 Å². The Labute approximate surface area is 158 Å². The van der Waals surface area contributed by atoms with Gasteiger partial charge in [-0.15, -0.1) is 0 Å². The van der Waals surface area contributed by atoms with Gasteiger partial charge in [-0.3, -0.25) is 4.79 Å². The maximum Gasteiger partial charge on any atom is 0.248 e. The molecule has 1 fully saturated rings. The Kier molecular flexibility index (Phi) is 5.07. The Morgan fingerprint density at radius 2 is 1.93 bits per heavy atom. The molecule has 0 aliphatic carbocycles.